The van der Waals surface area contributed by atoms with Crippen molar-refractivity contribution in [3.05, 3.63) is 45.5 Å². The largest absolute Gasteiger partial charge is 0.550 e. The van der Waals surface area contributed by atoms with Gasteiger partial charge in [-0.2, -0.15) is 5.10 Å². The molecule has 0 unspecified atom stereocenters. The molecule has 1 N–H and O–H groups in total. The predicted octanol–water partition coefficient (Wildman–Crippen LogP) is 2.81. The molecule has 2 heterocycles. The Morgan fingerprint density at radius 2 is 2.17 bits per heavy atom. The summed E-state index contributed by atoms with van der Waals surface area (Å²) >= 11 is 11.8. The van der Waals surface area contributed by atoms with Gasteiger partial charge in [-0.1, -0.05) is 23.2 Å². The fourth-order valence-electron chi connectivity index (χ4n) is 1.95. The average Bonchev–Trinajstić information content (AvgIpc) is 2.85. The van der Waals surface area contributed by atoms with E-state index < -0.39 is 5.97 Å². The van der Waals surface area contributed by atoms with Crippen LogP contribution in [0.3, 0.4) is 0 Å². The first kappa shape index (κ1) is 17.3. The van der Waals surface area contributed by atoms with E-state index in [0.29, 0.717) is 33.1 Å². The Labute approximate surface area is 143 Å². The van der Waals surface area contributed by atoms with Gasteiger partial charge in [0.05, 0.1) is 15.8 Å². The predicted molar refractivity (Wildman–Crippen MR) is 86.9 cm³/mol. The molecule has 0 fully saturated rings. The zero-order chi connectivity index (χ0) is 17.0. The number of rotatable bonds is 6. The van der Waals surface area contributed by atoms with Crippen LogP contribution in [0.5, 0.6) is 0 Å². The lowest BCUT2D eigenvalue weighted by Gasteiger charge is -2.04. The third kappa shape index (κ3) is 4.71. The van der Waals surface area contributed by atoms with E-state index in [1.165, 1.54) is 6.20 Å². The van der Waals surface area contributed by atoms with Crippen LogP contribution in [0, 0.1) is 6.92 Å². The number of halogens is 2. The van der Waals surface area contributed by atoms with Crippen LogP contribution in [-0.4, -0.2) is 16.7 Å². The van der Waals surface area contributed by atoms with Crippen molar-refractivity contribution in [2.75, 3.05) is 5.43 Å². The Bertz CT molecular complexity index is 756. The summed E-state index contributed by atoms with van der Waals surface area (Å²) in [4.78, 5) is 14.5. The maximum Gasteiger partial charge on any atom is 0.165 e. The summed E-state index contributed by atoms with van der Waals surface area (Å²) in [5, 5.41) is 15.5. The van der Waals surface area contributed by atoms with Crippen molar-refractivity contribution < 1.29 is 14.3 Å². The maximum absolute atomic E-state index is 10.5. The number of hydrogen-bond donors (Lipinski definition) is 1. The number of hydrazone groups is 1. The Balaban J connectivity index is 2.12. The number of furan rings is 1. The van der Waals surface area contributed by atoms with E-state index in [1.807, 2.05) is 0 Å². The number of carbonyl (C=O) groups excluding carboxylic acids is 1. The van der Waals surface area contributed by atoms with Crippen LogP contribution in [0.4, 0.5) is 5.82 Å². The highest BCUT2D eigenvalue weighted by molar-refractivity contribution is 6.35. The molecular weight excluding hydrogens is 341 g/mol. The van der Waals surface area contributed by atoms with E-state index in [0.717, 1.165) is 5.56 Å². The molecule has 2 aromatic rings. The van der Waals surface area contributed by atoms with Gasteiger partial charge in [-0.15, -0.1) is 0 Å². The van der Waals surface area contributed by atoms with E-state index in [4.69, 9.17) is 27.6 Å². The van der Waals surface area contributed by atoms with E-state index in [9.17, 15) is 9.90 Å². The van der Waals surface area contributed by atoms with Crippen molar-refractivity contribution in [2.24, 2.45) is 5.10 Å². The molecule has 23 heavy (non-hydrogen) atoms. The molecule has 0 saturated heterocycles. The first-order valence-corrected chi connectivity index (χ1v) is 7.53. The molecule has 122 valence electrons. The van der Waals surface area contributed by atoms with E-state index in [1.54, 1.807) is 26.0 Å². The SMILES string of the molecule is C/C(=N/Nc1ncc(Cl)cc1Cl)c1cc(CCC(=O)[O-])oc1C. The second-order valence-corrected chi connectivity index (χ2v) is 5.69. The molecule has 0 saturated carbocycles. The molecule has 0 bridgehead atoms. The van der Waals surface area contributed by atoms with Crippen molar-refractivity contribution >= 4 is 40.7 Å². The molecule has 0 atom stereocenters. The van der Waals surface area contributed by atoms with Crippen molar-refractivity contribution in [1.29, 1.82) is 0 Å². The van der Waals surface area contributed by atoms with Gasteiger partial charge in [-0.05, 0) is 32.4 Å². The summed E-state index contributed by atoms with van der Waals surface area (Å²) in [7, 11) is 0. The van der Waals surface area contributed by atoms with Crippen molar-refractivity contribution in [1.82, 2.24) is 4.98 Å². The second kappa shape index (κ2) is 7.48. The molecular formula is C15H14Cl2N3O3-. The van der Waals surface area contributed by atoms with Gasteiger partial charge < -0.3 is 14.3 Å². The minimum atomic E-state index is -1.11. The average molecular weight is 355 g/mol. The number of nitrogens with zero attached hydrogens (tertiary/aromatic N) is 2. The molecule has 0 aliphatic carbocycles. The number of hydrogen-bond acceptors (Lipinski definition) is 6. The van der Waals surface area contributed by atoms with Gasteiger partial charge >= 0.3 is 0 Å². The lowest BCUT2D eigenvalue weighted by atomic mass is 10.1. The molecule has 0 amide bonds. The van der Waals surface area contributed by atoms with Crippen LogP contribution in [0.2, 0.25) is 10.0 Å². The van der Waals surface area contributed by atoms with E-state index in [-0.39, 0.29) is 12.8 Å². The molecule has 8 heteroatoms. The Hall–Kier alpha value is -2.05. The summed E-state index contributed by atoms with van der Waals surface area (Å²) in [6.45, 7) is 3.57. The number of carbonyl (C=O) groups is 1. The fraction of sp³-hybridized carbons (Fsp3) is 0.267. The topological polar surface area (TPSA) is 90.5 Å². The molecule has 0 aliphatic heterocycles. The van der Waals surface area contributed by atoms with Gasteiger partial charge in [-0.3, -0.25) is 5.43 Å². The molecule has 0 spiro atoms. The third-order valence-electron chi connectivity index (χ3n) is 3.07. The number of aromatic nitrogens is 1. The maximum atomic E-state index is 10.5. The van der Waals surface area contributed by atoms with Gasteiger partial charge in [0.1, 0.15) is 11.5 Å². The zero-order valence-corrected chi connectivity index (χ0v) is 14.0. The van der Waals surface area contributed by atoms with Gasteiger partial charge in [0, 0.05) is 24.2 Å². The van der Waals surface area contributed by atoms with E-state index in [2.05, 4.69) is 15.5 Å². The van der Waals surface area contributed by atoms with Crippen LogP contribution in [0.25, 0.3) is 0 Å². The molecule has 2 rings (SSSR count). The number of pyridine rings is 1. The molecule has 6 nitrogen and oxygen atoms in total. The minimum absolute atomic E-state index is 0.0921. The fourth-order valence-corrected chi connectivity index (χ4v) is 2.37. The van der Waals surface area contributed by atoms with Crippen LogP contribution < -0.4 is 10.5 Å². The molecule has 0 aliphatic rings. The van der Waals surface area contributed by atoms with Crippen molar-refractivity contribution in [3.8, 4) is 0 Å². The monoisotopic (exact) mass is 354 g/mol. The summed E-state index contributed by atoms with van der Waals surface area (Å²) in [6, 6.07) is 3.32. The highest BCUT2D eigenvalue weighted by Crippen LogP contribution is 2.23. The highest BCUT2D eigenvalue weighted by atomic mass is 35.5. The van der Waals surface area contributed by atoms with E-state index >= 15 is 0 Å². The molecule has 2 aromatic heterocycles. The molecule has 0 radical (unpaired) electrons. The summed E-state index contributed by atoms with van der Waals surface area (Å²) in [5.74, 6) is 0.486. The first-order valence-electron chi connectivity index (χ1n) is 6.77. The lowest BCUT2D eigenvalue weighted by Crippen LogP contribution is -2.22. The Kier molecular flexibility index (Phi) is 5.63. The van der Waals surface area contributed by atoms with Crippen LogP contribution in [0.15, 0.2) is 27.8 Å². The second-order valence-electron chi connectivity index (χ2n) is 4.85. The van der Waals surface area contributed by atoms with Crippen LogP contribution in [0.1, 0.15) is 30.4 Å². The van der Waals surface area contributed by atoms with Crippen LogP contribution >= 0.6 is 23.2 Å². The van der Waals surface area contributed by atoms with Crippen molar-refractivity contribution in [2.45, 2.75) is 26.7 Å². The Morgan fingerprint density at radius 3 is 2.83 bits per heavy atom. The summed E-state index contributed by atoms with van der Waals surface area (Å²) in [5.41, 5.74) is 4.19. The Morgan fingerprint density at radius 1 is 1.43 bits per heavy atom. The first-order chi connectivity index (χ1) is 10.9. The number of aryl methyl sites for hydroxylation is 2. The van der Waals surface area contributed by atoms with Gasteiger partial charge in [0.25, 0.3) is 0 Å². The normalized spacial score (nSPS) is 11.6. The smallest absolute Gasteiger partial charge is 0.165 e. The highest BCUT2D eigenvalue weighted by Gasteiger charge is 2.11. The number of aliphatic carboxylic acids is 1. The third-order valence-corrected chi connectivity index (χ3v) is 3.57. The number of carboxylic acids is 1. The quantitative estimate of drug-likeness (QED) is 0.636. The van der Waals surface area contributed by atoms with Gasteiger partial charge in [0.2, 0.25) is 0 Å². The van der Waals surface area contributed by atoms with Gasteiger partial charge in [-0.25, -0.2) is 4.98 Å². The van der Waals surface area contributed by atoms with Gasteiger partial charge in [0.15, 0.2) is 5.82 Å². The minimum Gasteiger partial charge on any atom is -0.550 e. The summed E-state index contributed by atoms with van der Waals surface area (Å²) < 4.78 is 5.52. The zero-order valence-electron chi connectivity index (χ0n) is 12.5. The summed E-state index contributed by atoms with van der Waals surface area (Å²) in [6.07, 6.45) is 1.64. The number of nitrogens with one attached hydrogen (secondary N) is 1. The molecule has 0 aromatic carbocycles. The van der Waals surface area contributed by atoms with Crippen molar-refractivity contribution in [3.63, 3.8) is 0 Å². The lowest BCUT2D eigenvalue weighted by molar-refractivity contribution is -0.305. The number of carboxylic acid groups (broad SMARTS) is 1. The standard InChI is InChI=1S/C15H15Cl2N3O3/c1-8(19-20-15-13(17)5-10(16)7-18-15)12-6-11(23-9(12)2)3-4-14(21)22/h5-7H,3-4H2,1-2H3,(H,18,20)(H,21,22)/p-1/b19-8-. The van der Waals surface area contributed by atoms with Crippen LogP contribution in [-0.2, 0) is 11.2 Å². The number of anilines is 1.